The maximum atomic E-state index is 13.4. The van der Waals surface area contributed by atoms with E-state index in [1.165, 1.54) is 16.6 Å². The summed E-state index contributed by atoms with van der Waals surface area (Å²) in [7, 11) is 2.14. The lowest BCUT2D eigenvalue weighted by Gasteiger charge is -2.49. The Balaban J connectivity index is 1.40. The Morgan fingerprint density at radius 2 is 1.65 bits per heavy atom. The van der Waals surface area contributed by atoms with Gasteiger partial charge in [-0.2, -0.15) is 0 Å². The van der Waals surface area contributed by atoms with Gasteiger partial charge in [0.2, 0.25) is 0 Å². The van der Waals surface area contributed by atoms with E-state index in [1.807, 2.05) is 54.6 Å². The van der Waals surface area contributed by atoms with E-state index in [-0.39, 0.29) is 17.6 Å². The summed E-state index contributed by atoms with van der Waals surface area (Å²) in [5.74, 6) is 1.88. The molecule has 5 aromatic carbocycles. The van der Waals surface area contributed by atoms with Gasteiger partial charge >= 0.3 is 0 Å². The summed E-state index contributed by atoms with van der Waals surface area (Å²) in [4.78, 5) is 23.9. The molecule has 6 heteroatoms. The number of aromatic nitrogens is 2. The fourth-order valence-corrected chi connectivity index (χ4v) is 7.48. The topological polar surface area (TPSA) is 61.3 Å². The first kappa shape index (κ1) is 28.5. The minimum absolute atomic E-state index is 0.0156. The third-order valence-electron chi connectivity index (χ3n) is 9.83. The molecule has 0 amide bonds. The molecule has 0 radical (unpaired) electrons. The van der Waals surface area contributed by atoms with Crippen LogP contribution in [0.25, 0.3) is 32.8 Å². The number of hydrogen-bond acceptors (Lipinski definition) is 5. The summed E-state index contributed by atoms with van der Waals surface area (Å²) in [6.07, 6.45) is 4.10. The Morgan fingerprint density at radius 1 is 0.891 bits per heavy atom. The predicted molar refractivity (Wildman–Crippen MR) is 188 cm³/mol. The number of allylic oxidation sites excluding steroid dienone is 2. The fraction of sp³-hybridized carbons (Fsp3) is 0.225. The van der Waals surface area contributed by atoms with Crippen molar-refractivity contribution < 1.29 is 14.3 Å². The molecule has 1 aromatic heterocycles. The van der Waals surface area contributed by atoms with Crippen LogP contribution in [0.1, 0.15) is 66.6 Å². The Bertz CT molecular complexity index is 2220. The molecule has 0 saturated carbocycles. The molecular weight excluding hydrogens is 567 g/mol. The van der Waals surface area contributed by atoms with Gasteiger partial charge in [-0.3, -0.25) is 4.79 Å². The van der Waals surface area contributed by atoms with Crippen LogP contribution in [-0.2, 0) is 0 Å². The molecule has 0 bridgehead atoms. The Labute approximate surface area is 269 Å². The molecule has 0 saturated heterocycles. The van der Waals surface area contributed by atoms with Crippen molar-refractivity contribution in [3.8, 4) is 11.5 Å². The standard InChI is InChI=1S/C40H35BN2O3/c1-23(2)10-9-19-40(3)30-22-45-33-18-16-26(41)21-29(33)34(30)35-37-36(27-13-7-8-14-28(27)39(35)46-40)43-32-20-25(15-17-31(32)42-37)38(44)24-11-5-4-6-12-24/h4-8,10-18,20-21,30,34H,9,19,22,41H2,1-3H3/t30-,34+,40+/m0/s1. The molecule has 0 N–H and O–H groups in total. The minimum atomic E-state index is -0.460. The average Bonchev–Trinajstić information content (AvgIpc) is 3.07. The lowest BCUT2D eigenvalue weighted by atomic mass is 9.66. The van der Waals surface area contributed by atoms with Gasteiger partial charge in [0.05, 0.1) is 28.7 Å². The molecule has 2 aliphatic rings. The minimum Gasteiger partial charge on any atom is -0.493 e. The van der Waals surface area contributed by atoms with E-state index >= 15 is 0 Å². The number of rotatable bonds is 5. The van der Waals surface area contributed by atoms with Crippen molar-refractivity contribution in [2.24, 2.45) is 5.92 Å². The molecule has 3 atom stereocenters. The third-order valence-corrected chi connectivity index (χ3v) is 9.83. The first-order valence-electron chi connectivity index (χ1n) is 16.1. The monoisotopic (exact) mass is 602 g/mol. The highest BCUT2D eigenvalue weighted by Crippen LogP contribution is 2.57. The molecule has 5 nitrogen and oxygen atoms in total. The molecule has 0 spiro atoms. The van der Waals surface area contributed by atoms with E-state index in [0.717, 1.165) is 57.2 Å². The molecule has 3 heterocycles. The van der Waals surface area contributed by atoms with Gasteiger partial charge in [0, 0.05) is 44.9 Å². The van der Waals surface area contributed by atoms with Crippen molar-refractivity contribution in [2.45, 2.75) is 45.1 Å². The summed E-state index contributed by atoms with van der Waals surface area (Å²) in [5.41, 5.74) is 8.66. The predicted octanol–water partition coefficient (Wildman–Crippen LogP) is 7.46. The number of benzene rings is 5. The SMILES string of the molecule is Bc1ccc2c(c1)[C@H]1c3c(c4ccccc4c4nc5cc(C(=O)c6ccccc6)ccc5nc34)O[C@](C)(CCC=C(C)C)[C@H]1CO2. The van der Waals surface area contributed by atoms with Gasteiger partial charge in [-0.25, -0.2) is 9.97 Å². The number of fused-ring (bicyclic) bond motifs is 11. The van der Waals surface area contributed by atoms with E-state index in [1.54, 1.807) is 0 Å². The van der Waals surface area contributed by atoms with E-state index < -0.39 is 5.60 Å². The number of hydrogen-bond donors (Lipinski definition) is 0. The van der Waals surface area contributed by atoms with Gasteiger partial charge in [-0.05, 0) is 57.9 Å². The van der Waals surface area contributed by atoms with Crippen LogP contribution in [-0.4, -0.2) is 35.8 Å². The lowest BCUT2D eigenvalue weighted by molar-refractivity contribution is -0.0315. The number of nitrogens with zero attached hydrogens (tertiary/aromatic N) is 2. The van der Waals surface area contributed by atoms with Crippen LogP contribution in [0.4, 0.5) is 0 Å². The van der Waals surface area contributed by atoms with E-state index in [4.69, 9.17) is 19.4 Å². The highest BCUT2D eigenvalue weighted by Gasteiger charge is 2.51. The number of ether oxygens (including phenoxy) is 2. The lowest BCUT2D eigenvalue weighted by Crippen LogP contribution is -2.51. The maximum absolute atomic E-state index is 13.4. The molecule has 46 heavy (non-hydrogen) atoms. The van der Waals surface area contributed by atoms with Gasteiger partial charge < -0.3 is 9.47 Å². The van der Waals surface area contributed by atoms with Crippen LogP contribution in [0.3, 0.4) is 0 Å². The van der Waals surface area contributed by atoms with E-state index in [9.17, 15) is 4.79 Å². The van der Waals surface area contributed by atoms with Crippen molar-refractivity contribution in [3.05, 3.63) is 125 Å². The Morgan fingerprint density at radius 3 is 2.46 bits per heavy atom. The van der Waals surface area contributed by atoms with Crippen LogP contribution >= 0.6 is 0 Å². The molecule has 0 aliphatic carbocycles. The third kappa shape index (κ3) is 4.58. The summed E-state index contributed by atoms with van der Waals surface area (Å²) in [6, 6.07) is 29.9. The van der Waals surface area contributed by atoms with Gasteiger partial charge in [0.25, 0.3) is 0 Å². The van der Waals surface area contributed by atoms with Crippen LogP contribution < -0.4 is 14.9 Å². The van der Waals surface area contributed by atoms with Crippen LogP contribution in [0.2, 0.25) is 0 Å². The van der Waals surface area contributed by atoms with Crippen molar-refractivity contribution >= 4 is 51.9 Å². The zero-order chi connectivity index (χ0) is 31.6. The van der Waals surface area contributed by atoms with Gasteiger partial charge in [-0.15, -0.1) is 0 Å². The Kier molecular flexibility index (Phi) is 6.71. The molecule has 2 aliphatic heterocycles. The van der Waals surface area contributed by atoms with Crippen LogP contribution in [0.15, 0.2) is 103 Å². The van der Waals surface area contributed by atoms with Crippen molar-refractivity contribution in [2.75, 3.05) is 6.61 Å². The molecule has 226 valence electrons. The van der Waals surface area contributed by atoms with Crippen molar-refractivity contribution in [1.82, 2.24) is 9.97 Å². The Hall–Kier alpha value is -4.97. The number of carbonyl (C=O) groups excluding carboxylic acids is 1. The summed E-state index contributed by atoms with van der Waals surface area (Å²) in [6.45, 7) is 7.11. The quantitative estimate of drug-likeness (QED) is 0.0674. The van der Waals surface area contributed by atoms with Crippen molar-refractivity contribution in [3.63, 3.8) is 0 Å². The second kappa shape index (κ2) is 10.8. The smallest absolute Gasteiger partial charge is 0.193 e. The highest BCUT2D eigenvalue weighted by molar-refractivity contribution is 6.32. The van der Waals surface area contributed by atoms with Crippen molar-refractivity contribution in [1.29, 1.82) is 0 Å². The molecule has 8 rings (SSSR count). The maximum Gasteiger partial charge on any atom is 0.193 e. The largest absolute Gasteiger partial charge is 0.493 e. The number of carbonyl (C=O) groups is 1. The summed E-state index contributed by atoms with van der Waals surface area (Å²) in [5, 5.41) is 2.02. The normalized spacial score (nSPS) is 19.9. The highest BCUT2D eigenvalue weighted by atomic mass is 16.5. The first-order valence-corrected chi connectivity index (χ1v) is 16.1. The van der Waals surface area contributed by atoms with E-state index in [0.29, 0.717) is 23.3 Å². The van der Waals surface area contributed by atoms with Crippen LogP contribution in [0, 0.1) is 5.92 Å². The summed E-state index contributed by atoms with van der Waals surface area (Å²) >= 11 is 0. The van der Waals surface area contributed by atoms with Gasteiger partial charge in [0.15, 0.2) is 5.78 Å². The second-order valence-electron chi connectivity index (χ2n) is 13.3. The van der Waals surface area contributed by atoms with Gasteiger partial charge in [-0.1, -0.05) is 83.8 Å². The second-order valence-corrected chi connectivity index (χ2v) is 13.3. The summed E-state index contributed by atoms with van der Waals surface area (Å²) < 4.78 is 13.7. The molecule has 0 unspecified atom stereocenters. The van der Waals surface area contributed by atoms with Gasteiger partial charge in [0.1, 0.15) is 24.9 Å². The zero-order valence-electron chi connectivity index (χ0n) is 26.6. The zero-order valence-corrected chi connectivity index (χ0v) is 26.6. The fourth-order valence-electron chi connectivity index (χ4n) is 7.48. The molecular formula is C40H35BN2O3. The number of ketones is 1. The van der Waals surface area contributed by atoms with Crippen LogP contribution in [0.5, 0.6) is 11.5 Å². The molecule has 6 aromatic rings. The first-order chi connectivity index (χ1) is 22.3. The molecule has 0 fully saturated rings. The van der Waals surface area contributed by atoms with E-state index in [2.05, 4.69) is 71.1 Å². The average molecular weight is 603 g/mol.